The van der Waals surface area contributed by atoms with Gasteiger partial charge in [-0.1, -0.05) is 23.4 Å². The van der Waals surface area contributed by atoms with Crippen LogP contribution in [0.15, 0.2) is 53.4 Å². The van der Waals surface area contributed by atoms with Crippen LogP contribution in [-0.4, -0.2) is 59.6 Å². The molecule has 0 saturated carbocycles. The molecule has 4 aromatic rings. The Kier molecular flexibility index (Phi) is 5.72. The molecule has 10 nitrogen and oxygen atoms in total. The van der Waals surface area contributed by atoms with Gasteiger partial charge in [-0.15, -0.1) is 5.10 Å². The summed E-state index contributed by atoms with van der Waals surface area (Å²) in [7, 11) is 0. The zero-order valence-corrected chi connectivity index (χ0v) is 15.7. The van der Waals surface area contributed by atoms with E-state index in [4.69, 9.17) is 4.52 Å². The van der Waals surface area contributed by atoms with E-state index in [2.05, 4.69) is 30.8 Å². The lowest BCUT2D eigenvalue weighted by Gasteiger charge is -2.13. The fraction of sp³-hybridized carbons (Fsp3) is 0.211. The Hall–Kier alpha value is -3.70. The summed E-state index contributed by atoms with van der Waals surface area (Å²) in [6.45, 7) is -0.385. The number of nitrogens with one attached hydrogen (secondary N) is 1. The summed E-state index contributed by atoms with van der Waals surface area (Å²) < 4.78 is 20.7. The van der Waals surface area contributed by atoms with Crippen LogP contribution in [0.4, 0.5) is 10.2 Å². The minimum Gasteiger partial charge on any atom is -0.394 e. The van der Waals surface area contributed by atoms with Gasteiger partial charge in [0.2, 0.25) is 5.82 Å². The molecule has 0 aliphatic heterocycles. The number of aliphatic hydroxyl groups excluding tert-OH is 2. The first-order valence-corrected chi connectivity index (χ1v) is 9.08. The molecule has 3 heterocycles. The predicted molar refractivity (Wildman–Crippen MR) is 104 cm³/mol. The maximum atomic E-state index is 14.2. The van der Waals surface area contributed by atoms with Gasteiger partial charge in [-0.3, -0.25) is 4.68 Å². The SMILES string of the molecule is OCC(CO)Nc1cnnc(-c2cc(-c3ccon3)n(Cc3ccccc3F)n2)n1. The molecule has 0 spiro atoms. The normalized spacial score (nSPS) is 11.2. The van der Waals surface area contributed by atoms with Crippen molar-refractivity contribution in [3.63, 3.8) is 0 Å². The number of rotatable bonds is 8. The lowest BCUT2D eigenvalue weighted by atomic mass is 10.2. The lowest BCUT2D eigenvalue weighted by Crippen LogP contribution is -2.28. The van der Waals surface area contributed by atoms with Gasteiger partial charge in [0.25, 0.3) is 0 Å². The third kappa shape index (κ3) is 4.16. The van der Waals surface area contributed by atoms with Gasteiger partial charge < -0.3 is 20.1 Å². The van der Waals surface area contributed by atoms with Crippen LogP contribution in [0.5, 0.6) is 0 Å². The molecule has 0 amide bonds. The standard InChI is InChI=1S/C19H18FN7O3/c20-14-4-2-1-3-12(14)9-27-17(15-5-6-30-26-15)7-16(25-27)19-23-18(8-21-24-19)22-13(10-28)11-29/h1-8,13,28-29H,9-11H2,(H,22,23,24). The number of anilines is 1. The van der Waals surface area contributed by atoms with E-state index in [-0.39, 0.29) is 31.4 Å². The van der Waals surface area contributed by atoms with Crippen molar-refractivity contribution in [1.82, 2.24) is 30.1 Å². The van der Waals surface area contributed by atoms with Crippen molar-refractivity contribution in [2.24, 2.45) is 0 Å². The topological polar surface area (TPSA) is 135 Å². The molecule has 0 fully saturated rings. The zero-order chi connectivity index (χ0) is 20.9. The average Bonchev–Trinajstić information content (AvgIpc) is 3.44. The quantitative estimate of drug-likeness (QED) is 0.392. The zero-order valence-electron chi connectivity index (χ0n) is 15.7. The first-order chi connectivity index (χ1) is 14.7. The third-order valence-corrected chi connectivity index (χ3v) is 4.34. The minimum absolute atomic E-state index is 0.164. The Morgan fingerprint density at radius 2 is 1.97 bits per heavy atom. The van der Waals surface area contributed by atoms with Crippen molar-refractivity contribution in [2.45, 2.75) is 12.6 Å². The van der Waals surface area contributed by atoms with E-state index in [9.17, 15) is 14.6 Å². The number of aliphatic hydroxyl groups is 2. The van der Waals surface area contributed by atoms with Gasteiger partial charge in [-0.25, -0.2) is 9.37 Å². The van der Waals surface area contributed by atoms with Crippen LogP contribution in [0.25, 0.3) is 22.9 Å². The van der Waals surface area contributed by atoms with Crippen molar-refractivity contribution < 1.29 is 19.1 Å². The van der Waals surface area contributed by atoms with Crippen molar-refractivity contribution >= 4 is 5.82 Å². The van der Waals surface area contributed by atoms with Gasteiger partial charge >= 0.3 is 0 Å². The van der Waals surface area contributed by atoms with Gasteiger partial charge in [0.15, 0.2) is 0 Å². The number of aromatic nitrogens is 6. The van der Waals surface area contributed by atoms with E-state index in [1.165, 1.54) is 18.5 Å². The molecule has 4 rings (SSSR count). The second-order valence-corrected chi connectivity index (χ2v) is 6.42. The highest BCUT2D eigenvalue weighted by Crippen LogP contribution is 2.25. The highest BCUT2D eigenvalue weighted by molar-refractivity contribution is 5.63. The fourth-order valence-corrected chi connectivity index (χ4v) is 2.83. The van der Waals surface area contributed by atoms with Crippen molar-refractivity contribution in [2.75, 3.05) is 18.5 Å². The molecular weight excluding hydrogens is 393 g/mol. The third-order valence-electron chi connectivity index (χ3n) is 4.34. The Morgan fingerprint density at radius 1 is 1.13 bits per heavy atom. The number of benzene rings is 1. The summed E-state index contributed by atoms with van der Waals surface area (Å²) >= 11 is 0. The summed E-state index contributed by atoms with van der Waals surface area (Å²) in [5.41, 5.74) is 1.96. The van der Waals surface area contributed by atoms with Crippen LogP contribution >= 0.6 is 0 Å². The predicted octanol–water partition coefficient (Wildman–Crippen LogP) is 1.34. The van der Waals surface area contributed by atoms with Crippen molar-refractivity contribution in [3.8, 4) is 22.9 Å². The number of hydrogen-bond donors (Lipinski definition) is 3. The van der Waals surface area contributed by atoms with Crippen molar-refractivity contribution in [1.29, 1.82) is 0 Å². The molecule has 0 bridgehead atoms. The summed E-state index contributed by atoms with van der Waals surface area (Å²) in [6, 6.07) is 9.22. The van der Waals surface area contributed by atoms with E-state index in [1.54, 1.807) is 35.0 Å². The Bertz CT molecular complexity index is 1110. The first-order valence-electron chi connectivity index (χ1n) is 9.08. The largest absolute Gasteiger partial charge is 0.394 e. The summed E-state index contributed by atoms with van der Waals surface area (Å²) in [5.74, 6) is 0.190. The molecule has 0 unspecified atom stereocenters. The summed E-state index contributed by atoms with van der Waals surface area (Å²) in [6.07, 6.45) is 2.80. The van der Waals surface area contributed by atoms with Crippen LogP contribution < -0.4 is 5.32 Å². The molecule has 0 aliphatic carbocycles. The molecule has 3 N–H and O–H groups in total. The summed E-state index contributed by atoms with van der Waals surface area (Å²) in [5, 5.41) is 37.7. The van der Waals surface area contributed by atoms with Crippen LogP contribution in [0.1, 0.15) is 5.56 Å². The molecule has 0 atom stereocenters. The fourth-order valence-electron chi connectivity index (χ4n) is 2.83. The first kappa shape index (κ1) is 19.6. The van der Waals surface area contributed by atoms with E-state index in [1.807, 2.05) is 0 Å². The minimum atomic E-state index is -0.584. The van der Waals surface area contributed by atoms with Crippen LogP contribution in [0.2, 0.25) is 0 Å². The second-order valence-electron chi connectivity index (χ2n) is 6.42. The molecular formula is C19H18FN7O3. The van der Waals surface area contributed by atoms with E-state index >= 15 is 0 Å². The van der Waals surface area contributed by atoms with E-state index < -0.39 is 6.04 Å². The lowest BCUT2D eigenvalue weighted by molar-refractivity contribution is 0.203. The monoisotopic (exact) mass is 411 g/mol. The molecule has 0 radical (unpaired) electrons. The number of halogens is 1. The van der Waals surface area contributed by atoms with Gasteiger partial charge in [0.05, 0.1) is 37.7 Å². The molecule has 0 saturated heterocycles. The van der Waals surface area contributed by atoms with Gasteiger partial charge in [-0.05, 0) is 12.1 Å². The van der Waals surface area contributed by atoms with Crippen LogP contribution in [-0.2, 0) is 6.54 Å². The van der Waals surface area contributed by atoms with Gasteiger partial charge in [-0.2, -0.15) is 10.2 Å². The van der Waals surface area contributed by atoms with Gasteiger partial charge in [0.1, 0.15) is 29.3 Å². The average molecular weight is 411 g/mol. The number of nitrogens with zero attached hydrogens (tertiary/aromatic N) is 6. The Morgan fingerprint density at radius 3 is 2.70 bits per heavy atom. The molecule has 30 heavy (non-hydrogen) atoms. The second kappa shape index (κ2) is 8.76. The maximum Gasteiger partial charge on any atom is 0.204 e. The molecule has 154 valence electrons. The number of hydrogen-bond acceptors (Lipinski definition) is 9. The maximum absolute atomic E-state index is 14.2. The smallest absolute Gasteiger partial charge is 0.204 e. The Balaban J connectivity index is 1.70. The highest BCUT2D eigenvalue weighted by Gasteiger charge is 2.18. The van der Waals surface area contributed by atoms with Crippen molar-refractivity contribution in [3.05, 3.63) is 60.2 Å². The molecule has 1 aromatic carbocycles. The summed E-state index contributed by atoms with van der Waals surface area (Å²) in [4.78, 5) is 4.34. The van der Waals surface area contributed by atoms with E-state index in [0.29, 0.717) is 28.5 Å². The van der Waals surface area contributed by atoms with Crippen LogP contribution in [0, 0.1) is 5.82 Å². The molecule has 3 aromatic heterocycles. The molecule has 0 aliphatic rings. The van der Waals surface area contributed by atoms with Gasteiger partial charge in [0, 0.05) is 11.6 Å². The molecule has 11 heteroatoms. The van der Waals surface area contributed by atoms with Crippen LogP contribution in [0.3, 0.4) is 0 Å². The Labute approximate surface area is 170 Å². The highest BCUT2D eigenvalue weighted by atomic mass is 19.1. The van der Waals surface area contributed by atoms with E-state index in [0.717, 1.165) is 0 Å².